The lowest BCUT2D eigenvalue weighted by Crippen LogP contribution is -2.55. The lowest BCUT2D eigenvalue weighted by atomic mass is 9.90. The number of benzene rings is 2. The molecule has 2 aliphatic rings. The van der Waals surface area contributed by atoms with Gasteiger partial charge in [0, 0.05) is 5.02 Å². The normalized spacial score (nSPS) is 28.0. The molecule has 1 aliphatic carbocycles. The van der Waals surface area contributed by atoms with Crippen LogP contribution in [-0.2, 0) is 15.9 Å². The molecule has 0 bridgehead atoms. The molecule has 1 unspecified atom stereocenters. The molecule has 174 valence electrons. The molecule has 0 aromatic heterocycles. The van der Waals surface area contributed by atoms with Gasteiger partial charge < -0.3 is 34.6 Å². The van der Waals surface area contributed by atoms with Crippen LogP contribution in [0.1, 0.15) is 35.6 Å². The molecule has 1 saturated carbocycles. The van der Waals surface area contributed by atoms with Crippen LogP contribution in [0.15, 0.2) is 42.5 Å². The van der Waals surface area contributed by atoms with Crippen molar-refractivity contribution in [3.8, 4) is 5.75 Å². The van der Waals surface area contributed by atoms with E-state index in [9.17, 15) is 20.4 Å². The maximum atomic E-state index is 10.4. The number of aliphatic hydroxyl groups excluding tert-OH is 4. The van der Waals surface area contributed by atoms with Crippen LogP contribution in [0.2, 0.25) is 5.02 Å². The smallest absolute Gasteiger partial charge is 0.119 e. The van der Waals surface area contributed by atoms with Gasteiger partial charge in [-0.25, -0.2) is 0 Å². The van der Waals surface area contributed by atoms with E-state index in [1.165, 1.54) is 0 Å². The van der Waals surface area contributed by atoms with E-state index in [0.29, 0.717) is 36.3 Å². The minimum atomic E-state index is -1.42. The highest BCUT2D eigenvalue weighted by atomic mass is 35.5. The minimum absolute atomic E-state index is 0.421. The third-order valence-corrected chi connectivity index (χ3v) is 6.21. The van der Waals surface area contributed by atoms with Gasteiger partial charge in [-0.3, -0.25) is 0 Å². The van der Waals surface area contributed by atoms with Crippen molar-refractivity contribution in [3.05, 3.63) is 64.2 Å². The number of rotatable bonds is 9. The molecule has 0 spiro atoms. The van der Waals surface area contributed by atoms with E-state index in [-0.39, 0.29) is 0 Å². The van der Waals surface area contributed by atoms with Crippen LogP contribution in [0.4, 0.5) is 0 Å². The van der Waals surface area contributed by atoms with Crippen LogP contribution < -0.4 is 4.74 Å². The molecule has 2 aromatic carbocycles. The molecule has 7 nitrogen and oxygen atoms in total. The Labute approximate surface area is 192 Å². The summed E-state index contributed by atoms with van der Waals surface area (Å²) in [5.74, 6) is 0.773. The zero-order chi connectivity index (χ0) is 22.7. The zero-order valence-corrected chi connectivity index (χ0v) is 18.4. The van der Waals surface area contributed by atoms with Gasteiger partial charge in [0.05, 0.1) is 19.3 Å². The molecule has 8 heteroatoms. The highest BCUT2D eigenvalue weighted by Crippen LogP contribution is 2.34. The van der Waals surface area contributed by atoms with Gasteiger partial charge >= 0.3 is 0 Å². The van der Waals surface area contributed by atoms with E-state index >= 15 is 0 Å². The van der Waals surface area contributed by atoms with E-state index in [1.54, 1.807) is 12.1 Å². The van der Waals surface area contributed by atoms with Gasteiger partial charge in [0.15, 0.2) is 0 Å². The molecule has 1 aliphatic heterocycles. The maximum absolute atomic E-state index is 10.4. The van der Waals surface area contributed by atoms with Gasteiger partial charge in [-0.2, -0.15) is 0 Å². The van der Waals surface area contributed by atoms with Gasteiger partial charge in [-0.15, -0.1) is 0 Å². The lowest BCUT2D eigenvalue weighted by molar-refractivity contribution is -0.231. The van der Waals surface area contributed by atoms with Crippen LogP contribution in [0.5, 0.6) is 5.75 Å². The largest absolute Gasteiger partial charge is 0.491 e. The Balaban J connectivity index is 1.41. The summed E-state index contributed by atoms with van der Waals surface area (Å²) in [6.07, 6.45) is -2.73. The zero-order valence-electron chi connectivity index (χ0n) is 17.6. The number of hydrogen-bond donors (Lipinski definition) is 4. The highest BCUT2D eigenvalue weighted by molar-refractivity contribution is 6.31. The first-order chi connectivity index (χ1) is 15.5. The molecule has 4 rings (SSSR count). The second-order valence-corrected chi connectivity index (χ2v) is 8.75. The van der Waals surface area contributed by atoms with Crippen molar-refractivity contribution in [2.75, 3.05) is 19.8 Å². The molecule has 0 amide bonds. The van der Waals surface area contributed by atoms with Crippen LogP contribution >= 0.6 is 11.6 Å². The molecule has 0 radical (unpaired) electrons. The van der Waals surface area contributed by atoms with Crippen molar-refractivity contribution < 1.29 is 34.6 Å². The first kappa shape index (κ1) is 23.4. The molecule has 32 heavy (non-hydrogen) atoms. The summed E-state index contributed by atoms with van der Waals surface area (Å²) in [5.41, 5.74) is 2.46. The lowest BCUT2D eigenvalue weighted by Gasteiger charge is -2.40. The van der Waals surface area contributed by atoms with Crippen LogP contribution in [0.25, 0.3) is 0 Å². The molecular formula is C24H29ClO7. The molecule has 1 saturated heterocycles. The van der Waals surface area contributed by atoms with Gasteiger partial charge in [0.25, 0.3) is 0 Å². The van der Waals surface area contributed by atoms with Crippen LogP contribution in [-0.4, -0.2) is 70.8 Å². The van der Waals surface area contributed by atoms with E-state index in [2.05, 4.69) is 0 Å². The molecule has 2 aromatic rings. The van der Waals surface area contributed by atoms with E-state index in [0.717, 1.165) is 29.7 Å². The second kappa shape index (κ2) is 10.5. The third-order valence-electron chi connectivity index (χ3n) is 5.84. The fourth-order valence-corrected chi connectivity index (χ4v) is 4.00. The first-order valence-corrected chi connectivity index (χ1v) is 11.3. The van der Waals surface area contributed by atoms with Crippen molar-refractivity contribution in [1.29, 1.82) is 0 Å². The Morgan fingerprint density at radius 3 is 2.38 bits per heavy atom. The predicted octanol–water partition coefficient (Wildman–Crippen LogP) is 2.00. The summed E-state index contributed by atoms with van der Waals surface area (Å²) >= 11 is 6.40. The fourth-order valence-electron chi connectivity index (χ4n) is 3.82. The highest BCUT2D eigenvalue weighted by Gasteiger charge is 2.44. The number of aliphatic hydroxyl groups is 4. The first-order valence-electron chi connectivity index (χ1n) is 10.9. The second-order valence-electron chi connectivity index (χ2n) is 8.34. The van der Waals surface area contributed by atoms with Crippen molar-refractivity contribution >= 4 is 11.6 Å². The van der Waals surface area contributed by atoms with Crippen molar-refractivity contribution in [2.24, 2.45) is 0 Å². The summed E-state index contributed by atoms with van der Waals surface area (Å²) in [6.45, 7) is 0.638. The summed E-state index contributed by atoms with van der Waals surface area (Å²) in [7, 11) is 0. The summed E-state index contributed by atoms with van der Waals surface area (Å²) in [4.78, 5) is 0. The summed E-state index contributed by atoms with van der Waals surface area (Å²) in [6, 6.07) is 13.0. The summed E-state index contributed by atoms with van der Waals surface area (Å²) < 4.78 is 16.9. The molecule has 2 fully saturated rings. The molecule has 4 N–H and O–H groups in total. The molecule has 5 atom stereocenters. The van der Waals surface area contributed by atoms with Crippen LogP contribution in [0.3, 0.4) is 0 Å². The molecular weight excluding hydrogens is 436 g/mol. The van der Waals surface area contributed by atoms with E-state index < -0.39 is 37.1 Å². The number of hydrogen-bond acceptors (Lipinski definition) is 7. The van der Waals surface area contributed by atoms with Gasteiger partial charge in [0.2, 0.25) is 0 Å². The Bertz CT molecular complexity index is 884. The number of halogens is 1. The standard InChI is InChI=1S/C24H29ClO7/c25-19-8-3-15(24-23(29)22(28)21(27)20(13-26)32-24)12-16(19)11-14-1-4-17(5-2-14)30-9-10-31-18-6-7-18/h1-5,8,12,18,20-24,26-29H,6-7,9-11,13H2/t20-,21-,22?,23-,24+/m1/s1. The average molecular weight is 465 g/mol. The fraction of sp³-hybridized carbons (Fsp3) is 0.500. The van der Waals surface area contributed by atoms with Crippen molar-refractivity contribution in [2.45, 2.75) is 55.9 Å². The monoisotopic (exact) mass is 464 g/mol. The van der Waals surface area contributed by atoms with Crippen molar-refractivity contribution in [3.63, 3.8) is 0 Å². The minimum Gasteiger partial charge on any atom is -0.491 e. The Morgan fingerprint density at radius 2 is 1.69 bits per heavy atom. The Morgan fingerprint density at radius 1 is 0.938 bits per heavy atom. The Hall–Kier alpha value is -1.71. The van der Waals surface area contributed by atoms with Crippen molar-refractivity contribution in [1.82, 2.24) is 0 Å². The van der Waals surface area contributed by atoms with Crippen LogP contribution in [0, 0.1) is 0 Å². The quantitative estimate of drug-likeness (QED) is 0.420. The van der Waals surface area contributed by atoms with Gasteiger partial charge in [-0.05, 0) is 54.2 Å². The third kappa shape index (κ3) is 5.61. The maximum Gasteiger partial charge on any atom is 0.119 e. The molecule has 1 heterocycles. The SMILES string of the molecule is OC[C@H]1O[C@@H](c2ccc(Cl)c(Cc3ccc(OCCOC4CC4)cc3)c2)[C@H](O)C(O)[C@@H]1O. The van der Waals surface area contributed by atoms with Gasteiger partial charge in [0.1, 0.15) is 42.9 Å². The number of ether oxygens (including phenoxy) is 3. The topological polar surface area (TPSA) is 109 Å². The predicted molar refractivity (Wildman–Crippen MR) is 118 cm³/mol. The Kier molecular flexibility index (Phi) is 7.68. The summed E-state index contributed by atoms with van der Waals surface area (Å²) in [5, 5.41) is 40.5. The average Bonchev–Trinajstić information content (AvgIpc) is 3.63. The van der Waals surface area contributed by atoms with E-state index in [1.807, 2.05) is 30.3 Å². The van der Waals surface area contributed by atoms with E-state index in [4.69, 9.17) is 25.8 Å². The van der Waals surface area contributed by atoms with Gasteiger partial charge in [-0.1, -0.05) is 35.9 Å².